The van der Waals surface area contributed by atoms with Crippen LogP contribution in [0.1, 0.15) is 55.4 Å². The minimum Gasteiger partial charge on any atom is -0.408 e. The smallest absolute Gasteiger partial charge is 0.408 e. The molecule has 288 valence electrons. The second-order valence-corrected chi connectivity index (χ2v) is 25.3. The molecule has 0 unspecified atom stereocenters. The SMILES string of the molecule is CCOP(=O)(OCC)SCCSCC.CCOP(=S)(OCC)OCCSCC.CCOP(=S)(OCC)SCn1c(=O)oc2cc(Cl)ccc21. The third kappa shape index (κ3) is 22.4. The van der Waals surface area contributed by atoms with Gasteiger partial charge in [0.05, 0.1) is 57.6 Å². The number of nitrogens with zero attached hydrogens (tertiary/aromatic N) is 1. The van der Waals surface area contributed by atoms with Crippen molar-refractivity contribution in [3.05, 3.63) is 33.8 Å². The molecule has 1 heterocycles. The molecule has 0 N–H and O–H groups in total. The Morgan fingerprint density at radius 3 is 1.78 bits per heavy atom. The van der Waals surface area contributed by atoms with Gasteiger partial charge < -0.3 is 36.1 Å². The minimum atomic E-state index is -2.86. The van der Waals surface area contributed by atoms with E-state index in [1.165, 1.54) is 27.3 Å². The van der Waals surface area contributed by atoms with Crippen molar-refractivity contribution in [3.8, 4) is 0 Å². The molecular weight excluding hydrogens is 831 g/mol. The molecule has 21 heteroatoms. The maximum absolute atomic E-state index is 11.9. The standard InChI is InChI=1S/C12H15ClNO4PS2.2C8H19O3PS2/c1-3-16-19(20,17-4-2)21-8-14-10-6-5-9(13)7-11(10)18-12(14)15;1-4-10-12(9,11-5-2)14-8-7-13-6-3;1-4-9-12(13,10-5-2)11-7-8-14-6-3/h5-7H,3-4,8H2,1-2H3;2*4-8H2,1-3H3. The van der Waals surface area contributed by atoms with Crippen LogP contribution in [0.25, 0.3) is 11.1 Å². The second-order valence-electron chi connectivity index (χ2n) is 8.57. The van der Waals surface area contributed by atoms with E-state index < -0.39 is 25.0 Å². The second kappa shape index (κ2) is 29.7. The van der Waals surface area contributed by atoms with E-state index in [4.69, 9.17) is 71.3 Å². The van der Waals surface area contributed by atoms with Crippen molar-refractivity contribution >= 4 is 112 Å². The summed E-state index contributed by atoms with van der Waals surface area (Å²) in [5, 5.41) is 0.518. The average Bonchev–Trinajstić information content (AvgIpc) is 3.35. The van der Waals surface area contributed by atoms with E-state index in [2.05, 4.69) is 13.8 Å². The van der Waals surface area contributed by atoms with Crippen LogP contribution >= 0.6 is 77.1 Å². The van der Waals surface area contributed by atoms with Crippen LogP contribution in [0.4, 0.5) is 0 Å². The van der Waals surface area contributed by atoms with Crippen molar-refractivity contribution in [2.75, 3.05) is 75.0 Å². The zero-order valence-corrected chi connectivity index (χ0v) is 38.0. The third-order valence-corrected chi connectivity index (χ3v) is 19.2. The van der Waals surface area contributed by atoms with Gasteiger partial charge in [0.2, 0.25) is 5.69 Å². The highest BCUT2D eigenvalue weighted by Gasteiger charge is 2.24. The largest absolute Gasteiger partial charge is 0.420 e. The lowest BCUT2D eigenvalue weighted by Gasteiger charge is -2.20. The first-order chi connectivity index (χ1) is 23.4. The summed E-state index contributed by atoms with van der Waals surface area (Å²) in [4.78, 5) is 11.9. The topological polar surface area (TPSA) is 117 Å². The van der Waals surface area contributed by atoms with Crippen molar-refractivity contribution in [1.82, 2.24) is 4.57 Å². The van der Waals surface area contributed by atoms with Crippen LogP contribution in [0.3, 0.4) is 0 Å². The lowest BCUT2D eigenvalue weighted by Crippen LogP contribution is -2.12. The Kier molecular flexibility index (Phi) is 30.6. The van der Waals surface area contributed by atoms with E-state index in [9.17, 15) is 9.36 Å². The quantitative estimate of drug-likeness (QED) is 0.0695. The Labute approximate surface area is 324 Å². The van der Waals surface area contributed by atoms with Gasteiger partial charge in [-0.15, -0.1) is 0 Å². The van der Waals surface area contributed by atoms with Gasteiger partial charge in [0.1, 0.15) is 0 Å². The zero-order chi connectivity index (χ0) is 37.2. The summed E-state index contributed by atoms with van der Waals surface area (Å²) >= 11 is 22.8. The monoisotopic (exact) mass is 883 g/mol. The van der Waals surface area contributed by atoms with E-state index in [0.717, 1.165) is 28.8 Å². The van der Waals surface area contributed by atoms with Gasteiger partial charge in [-0.3, -0.25) is 4.57 Å². The van der Waals surface area contributed by atoms with Crippen LogP contribution in [-0.2, 0) is 65.7 Å². The first-order valence-corrected chi connectivity index (χ1v) is 28.5. The molecule has 0 aliphatic carbocycles. The molecule has 0 amide bonds. The highest BCUT2D eigenvalue weighted by Crippen LogP contribution is 2.61. The van der Waals surface area contributed by atoms with Gasteiger partial charge in [-0.1, -0.05) is 25.4 Å². The van der Waals surface area contributed by atoms with Gasteiger partial charge in [-0.05, 0) is 112 Å². The van der Waals surface area contributed by atoms with Gasteiger partial charge >= 0.3 is 19.3 Å². The molecule has 0 atom stereocenters. The molecule has 0 aliphatic rings. The summed E-state index contributed by atoms with van der Waals surface area (Å²) in [6, 6.07) is 5.07. The molecule has 0 fully saturated rings. The number of rotatable bonds is 25. The summed E-state index contributed by atoms with van der Waals surface area (Å²) in [6.07, 6.45) is 0. The number of fused-ring (bicyclic) bond motifs is 1. The van der Waals surface area contributed by atoms with Gasteiger partial charge in [-0.25, -0.2) is 9.36 Å². The number of thioether (sulfide) groups is 2. The Bertz CT molecular complexity index is 1290. The van der Waals surface area contributed by atoms with Crippen LogP contribution in [0.2, 0.25) is 5.02 Å². The summed E-state index contributed by atoms with van der Waals surface area (Å²) in [7, 11) is 0. The minimum absolute atomic E-state index is 0.310. The molecule has 2 rings (SSSR count). The molecule has 1 aromatic heterocycles. The van der Waals surface area contributed by atoms with E-state index in [1.807, 2.05) is 65.1 Å². The third-order valence-electron chi connectivity index (χ3n) is 5.06. The fraction of sp³-hybridized carbons (Fsp3) is 0.750. The van der Waals surface area contributed by atoms with Crippen LogP contribution < -0.4 is 5.76 Å². The highest BCUT2D eigenvalue weighted by atomic mass is 35.5. The fourth-order valence-corrected chi connectivity index (χ4v) is 14.9. The summed E-state index contributed by atoms with van der Waals surface area (Å²) in [5.74, 6) is 4.79. The number of hydrogen-bond acceptors (Lipinski definition) is 16. The van der Waals surface area contributed by atoms with Crippen molar-refractivity contribution in [2.24, 2.45) is 0 Å². The lowest BCUT2D eigenvalue weighted by molar-refractivity contribution is 0.174. The fourth-order valence-electron chi connectivity index (χ4n) is 3.28. The lowest BCUT2D eigenvalue weighted by atomic mass is 10.3. The predicted octanol–water partition coefficient (Wildman–Crippen LogP) is 10.9. The summed E-state index contributed by atoms with van der Waals surface area (Å²) < 4.78 is 56.0. The van der Waals surface area contributed by atoms with E-state index in [0.29, 0.717) is 68.2 Å². The highest BCUT2D eigenvalue weighted by molar-refractivity contribution is 8.67. The Balaban J connectivity index is 0.000000734. The van der Waals surface area contributed by atoms with Crippen LogP contribution in [0.15, 0.2) is 27.4 Å². The van der Waals surface area contributed by atoms with E-state index >= 15 is 0 Å². The van der Waals surface area contributed by atoms with Crippen molar-refractivity contribution in [2.45, 2.75) is 61.3 Å². The van der Waals surface area contributed by atoms with Gasteiger partial charge in [0, 0.05) is 28.3 Å². The van der Waals surface area contributed by atoms with Crippen molar-refractivity contribution in [3.63, 3.8) is 0 Å². The van der Waals surface area contributed by atoms with E-state index in [-0.39, 0.29) is 0 Å². The molecule has 2 aromatic rings. The normalized spacial score (nSPS) is 12.0. The Morgan fingerprint density at radius 2 is 1.27 bits per heavy atom. The van der Waals surface area contributed by atoms with Crippen LogP contribution in [0, 0.1) is 0 Å². The number of hydrogen-bond donors (Lipinski definition) is 0. The van der Waals surface area contributed by atoms with Crippen LogP contribution in [0.5, 0.6) is 0 Å². The molecule has 11 nitrogen and oxygen atoms in total. The van der Waals surface area contributed by atoms with E-state index in [1.54, 1.807) is 18.2 Å². The maximum Gasteiger partial charge on any atom is 0.420 e. The molecule has 0 saturated heterocycles. The first-order valence-electron chi connectivity index (χ1n) is 15.9. The molecule has 0 spiro atoms. The number of halogens is 1. The summed E-state index contributed by atoms with van der Waals surface area (Å²) in [6.45, 7) is 13.6. The molecule has 0 bridgehead atoms. The molecule has 1 aromatic carbocycles. The first kappa shape index (κ1) is 50.4. The summed E-state index contributed by atoms with van der Waals surface area (Å²) in [5.41, 5.74) is -1.32. The molecule has 0 saturated carbocycles. The van der Waals surface area contributed by atoms with Crippen LogP contribution in [-0.4, -0.2) is 79.6 Å². The Morgan fingerprint density at radius 1 is 0.735 bits per heavy atom. The van der Waals surface area contributed by atoms with Gasteiger partial charge in [0.15, 0.2) is 5.58 Å². The molecule has 0 aliphatic heterocycles. The predicted molar refractivity (Wildman–Crippen MR) is 223 cm³/mol. The van der Waals surface area contributed by atoms with Crippen molar-refractivity contribution < 1.29 is 40.6 Å². The van der Waals surface area contributed by atoms with Crippen molar-refractivity contribution in [1.29, 1.82) is 0 Å². The maximum atomic E-state index is 11.9. The zero-order valence-electron chi connectivity index (χ0n) is 29.6. The molecule has 0 radical (unpaired) electrons. The number of benzene rings is 1. The Hall–Kier alpha value is 1.43. The van der Waals surface area contributed by atoms with Gasteiger partial charge in [-0.2, -0.15) is 23.5 Å². The number of aromatic nitrogens is 1. The van der Waals surface area contributed by atoms with Gasteiger partial charge in [0.25, 0.3) is 0 Å². The average molecular weight is 885 g/mol. The number of oxazole rings is 1. The molecular formula is C28H53ClNO10P3S6. The molecule has 49 heavy (non-hydrogen) atoms.